The quantitative estimate of drug-likeness (QED) is 0.402. The summed E-state index contributed by atoms with van der Waals surface area (Å²) < 4.78 is 48.5. The molecule has 2 N–H and O–H groups in total. The zero-order valence-electron chi connectivity index (χ0n) is 20.0. The first-order valence-electron chi connectivity index (χ1n) is 11.3. The number of esters is 1. The van der Waals surface area contributed by atoms with Crippen molar-refractivity contribution >= 4 is 28.2 Å². The summed E-state index contributed by atoms with van der Waals surface area (Å²) in [6, 6.07) is 9.27. The molecular formula is C25H28F3N3O3S. The second-order valence-electron chi connectivity index (χ2n) is 9.54. The van der Waals surface area contributed by atoms with Crippen molar-refractivity contribution in [2.75, 3.05) is 11.9 Å². The molecule has 0 unspecified atom stereocenters. The highest BCUT2D eigenvalue weighted by molar-refractivity contribution is 7.16. The van der Waals surface area contributed by atoms with Gasteiger partial charge in [-0.25, -0.2) is 4.79 Å². The summed E-state index contributed by atoms with van der Waals surface area (Å²) in [7, 11) is 0. The number of nitriles is 1. The number of ether oxygens (including phenoxy) is 1. The molecule has 1 amide bonds. The zero-order valence-corrected chi connectivity index (χ0v) is 20.8. The highest BCUT2D eigenvalue weighted by Crippen LogP contribution is 2.45. The van der Waals surface area contributed by atoms with Gasteiger partial charge in [-0.1, -0.05) is 39.0 Å². The van der Waals surface area contributed by atoms with Gasteiger partial charge in [-0.15, -0.1) is 11.3 Å². The number of carbonyl (C=O) groups is 2. The number of nitrogens with one attached hydrogen (secondary N) is 2. The lowest BCUT2D eigenvalue weighted by Crippen LogP contribution is -2.69. The molecule has 3 rings (SSSR count). The second kappa shape index (κ2) is 9.90. The van der Waals surface area contributed by atoms with Gasteiger partial charge in [-0.05, 0) is 55.2 Å². The topological polar surface area (TPSA) is 91.2 Å². The highest BCUT2D eigenvalue weighted by Gasteiger charge is 2.64. The van der Waals surface area contributed by atoms with Gasteiger partial charge in [0.25, 0.3) is 5.91 Å². The van der Waals surface area contributed by atoms with Gasteiger partial charge in [-0.3, -0.25) is 4.79 Å². The molecule has 2 atom stereocenters. The first-order valence-corrected chi connectivity index (χ1v) is 12.1. The van der Waals surface area contributed by atoms with Gasteiger partial charge in [0.1, 0.15) is 11.1 Å². The molecule has 1 heterocycles. The van der Waals surface area contributed by atoms with Crippen molar-refractivity contribution in [3.8, 4) is 6.07 Å². The van der Waals surface area contributed by atoms with Crippen molar-refractivity contribution in [2.24, 2.45) is 11.3 Å². The Morgan fingerprint density at radius 2 is 1.86 bits per heavy atom. The number of fused-ring (bicyclic) bond motifs is 1. The minimum absolute atomic E-state index is 0.00754. The van der Waals surface area contributed by atoms with E-state index in [9.17, 15) is 28.0 Å². The average Bonchev–Trinajstić information content (AvgIpc) is 3.13. The lowest BCUT2D eigenvalue weighted by Gasteiger charge is -2.35. The van der Waals surface area contributed by atoms with Crippen LogP contribution in [0.15, 0.2) is 30.3 Å². The minimum atomic E-state index is -5.28. The third-order valence-corrected chi connectivity index (χ3v) is 7.42. The Balaban J connectivity index is 2.09. The van der Waals surface area contributed by atoms with Gasteiger partial charge >= 0.3 is 17.8 Å². The Bertz CT molecular complexity index is 1130. The van der Waals surface area contributed by atoms with Crippen LogP contribution in [0, 0.1) is 22.7 Å². The molecule has 0 saturated heterocycles. The van der Waals surface area contributed by atoms with Gasteiger partial charge in [0, 0.05) is 10.4 Å². The van der Waals surface area contributed by atoms with E-state index >= 15 is 0 Å². The fourth-order valence-corrected chi connectivity index (χ4v) is 5.50. The van der Waals surface area contributed by atoms with Crippen LogP contribution in [0.5, 0.6) is 0 Å². The summed E-state index contributed by atoms with van der Waals surface area (Å²) in [4.78, 5) is 26.4. The van der Waals surface area contributed by atoms with Crippen LogP contribution < -0.4 is 10.6 Å². The third-order valence-electron chi connectivity index (χ3n) is 6.25. The maximum Gasteiger partial charge on any atom is 0.441 e. The van der Waals surface area contributed by atoms with Crippen LogP contribution in [0.25, 0.3) is 0 Å². The molecule has 0 saturated carbocycles. The first-order chi connectivity index (χ1) is 16.3. The standard InChI is InChI=1S/C25H28F3N3O3S/c1-5-34-22(33)24(25(26,27)28,30-20(32)15-9-7-6-8-10-15)31-21-18(14-29)17-12-11-16(23(2,3)4)13-19(17)35-21/h6-10,16,31H,5,11-13H2,1-4H3,(H,30,32)/t16-,24+/m0/s1. The van der Waals surface area contributed by atoms with E-state index in [1.165, 1.54) is 31.2 Å². The summed E-state index contributed by atoms with van der Waals surface area (Å²) in [6.07, 6.45) is -3.31. The summed E-state index contributed by atoms with van der Waals surface area (Å²) in [5, 5.41) is 13.7. The van der Waals surface area contributed by atoms with Crippen molar-refractivity contribution in [1.82, 2.24) is 5.32 Å². The Morgan fingerprint density at radius 1 is 1.20 bits per heavy atom. The van der Waals surface area contributed by atoms with Crippen molar-refractivity contribution in [3.05, 3.63) is 51.9 Å². The summed E-state index contributed by atoms with van der Waals surface area (Å²) >= 11 is 1.02. The number of hydrogen-bond donors (Lipinski definition) is 2. The van der Waals surface area contributed by atoms with Crippen LogP contribution in [0.1, 0.15) is 60.5 Å². The fourth-order valence-electron chi connectivity index (χ4n) is 4.16. The number of benzene rings is 1. The number of amides is 1. The molecule has 35 heavy (non-hydrogen) atoms. The molecule has 1 aromatic heterocycles. The van der Waals surface area contributed by atoms with Crippen LogP contribution >= 0.6 is 11.3 Å². The number of nitrogens with zero attached hydrogens (tertiary/aromatic N) is 1. The van der Waals surface area contributed by atoms with E-state index < -0.39 is 23.7 Å². The smallest absolute Gasteiger partial charge is 0.441 e. The normalized spacial score (nSPS) is 17.5. The van der Waals surface area contributed by atoms with Gasteiger partial charge in [0.2, 0.25) is 0 Å². The fraction of sp³-hybridized carbons (Fsp3) is 0.480. The Morgan fingerprint density at radius 3 is 2.40 bits per heavy atom. The molecule has 0 aliphatic heterocycles. The molecule has 0 radical (unpaired) electrons. The predicted octanol–water partition coefficient (Wildman–Crippen LogP) is 5.43. The SMILES string of the molecule is CCOC(=O)[C@@](NC(=O)c1ccccc1)(Nc1sc2c(c1C#N)CC[C@H](C(C)(C)C)C2)C(F)(F)F. The van der Waals surface area contributed by atoms with Crippen molar-refractivity contribution in [3.63, 3.8) is 0 Å². The van der Waals surface area contributed by atoms with Crippen LogP contribution in [-0.2, 0) is 22.4 Å². The summed E-state index contributed by atoms with van der Waals surface area (Å²) in [5.74, 6) is -2.53. The van der Waals surface area contributed by atoms with E-state index in [4.69, 9.17) is 4.74 Å². The summed E-state index contributed by atoms with van der Waals surface area (Å²) in [5.41, 5.74) is -2.91. The second-order valence-corrected chi connectivity index (χ2v) is 10.6. The van der Waals surface area contributed by atoms with Crippen LogP contribution in [0.4, 0.5) is 18.2 Å². The van der Waals surface area contributed by atoms with Gasteiger partial charge < -0.3 is 15.4 Å². The molecule has 0 bridgehead atoms. The van der Waals surface area contributed by atoms with E-state index in [0.29, 0.717) is 24.3 Å². The van der Waals surface area contributed by atoms with Crippen molar-refractivity contribution in [2.45, 2.75) is 58.8 Å². The molecule has 10 heteroatoms. The van der Waals surface area contributed by atoms with Crippen LogP contribution in [0.2, 0.25) is 0 Å². The molecule has 1 aliphatic carbocycles. The monoisotopic (exact) mass is 507 g/mol. The Labute approximate surface area is 206 Å². The van der Waals surface area contributed by atoms with Gasteiger partial charge in [-0.2, -0.15) is 18.4 Å². The van der Waals surface area contributed by atoms with Crippen LogP contribution in [0.3, 0.4) is 0 Å². The maximum atomic E-state index is 14.6. The maximum absolute atomic E-state index is 14.6. The number of anilines is 1. The number of thiophene rings is 1. The lowest BCUT2D eigenvalue weighted by atomic mass is 9.72. The molecule has 2 aromatic rings. The van der Waals surface area contributed by atoms with Crippen molar-refractivity contribution in [1.29, 1.82) is 5.26 Å². The lowest BCUT2D eigenvalue weighted by molar-refractivity contribution is -0.204. The number of hydrogen-bond acceptors (Lipinski definition) is 6. The van der Waals surface area contributed by atoms with E-state index in [1.54, 1.807) is 6.07 Å². The van der Waals surface area contributed by atoms with E-state index in [1.807, 2.05) is 11.4 Å². The van der Waals surface area contributed by atoms with Crippen LogP contribution in [-0.4, -0.2) is 30.3 Å². The van der Waals surface area contributed by atoms with Gasteiger partial charge in [0.15, 0.2) is 0 Å². The predicted molar refractivity (Wildman–Crippen MR) is 127 cm³/mol. The highest BCUT2D eigenvalue weighted by atomic mass is 32.1. The number of alkyl halides is 3. The first kappa shape index (κ1) is 26.5. The third kappa shape index (κ3) is 5.30. The Kier molecular flexibility index (Phi) is 7.50. The number of halogens is 3. The number of carbonyl (C=O) groups excluding carboxylic acids is 2. The molecule has 0 fully saturated rings. The minimum Gasteiger partial charge on any atom is -0.463 e. The van der Waals surface area contributed by atoms with Gasteiger partial charge in [0.05, 0.1) is 12.2 Å². The molecule has 1 aliphatic rings. The van der Waals surface area contributed by atoms with Crippen molar-refractivity contribution < 1.29 is 27.5 Å². The summed E-state index contributed by atoms with van der Waals surface area (Å²) in [6.45, 7) is 7.35. The molecule has 6 nitrogen and oxygen atoms in total. The molecule has 188 valence electrons. The molecule has 1 aromatic carbocycles. The largest absolute Gasteiger partial charge is 0.463 e. The number of rotatable bonds is 6. The Hall–Kier alpha value is -3.06. The average molecular weight is 508 g/mol. The van der Waals surface area contributed by atoms with E-state index in [-0.39, 0.29) is 28.1 Å². The zero-order chi connectivity index (χ0) is 26.0. The molecule has 0 spiro atoms. The van der Waals surface area contributed by atoms with E-state index in [0.717, 1.165) is 22.6 Å². The molecular weight excluding hydrogens is 479 g/mol. The van der Waals surface area contributed by atoms with E-state index in [2.05, 4.69) is 26.1 Å².